The third kappa shape index (κ3) is 20.6. The number of halogens is 1. The molecule has 0 aromatic heterocycles. The summed E-state index contributed by atoms with van der Waals surface area (Å²) < 4.78 is 0. The normalized spacial score (nSPS) is 10.5. The minimum Gasteiger partial charge on any atom is -0.127 e. The van der Waals surface area contributed by atoms with Crippen LogP contribution in [0.1, 0.15) is 117 Å². The van der Waals surface area contributed by atoms with Gasteiger partial charge in [-0.1, -0.05) is 111 Å². The molecule has 0 aliphatic rings. The van der Waals surface area contributed by atoms with Gasteiger partial charge in [0.2, 0.25) is 0 Å². The van der Waals surface area contributed by atoms with E-state index in [0.29, 0.717) is 0 Å². The lowest BCUT2D eigenvalue weighted by Crippen LogP contribution is -1.83. The monoisotopic (exact) mass is 304 g/mol. The molecule has 0 spiro atoms. The molecule has 0 atom stereocenters. The molecule has 0 nitrogen and oxygen atoms in total. The van der Waals surface area contributed by atoms with Crippen molar-refractivity contribution in [3.8, 4) is 0 Å². The number of hydrogen-bond donors (Lipinski definition) is 0. The molecule has 0 saturated heterocycles. The Hall–Kier alpha value is 0.290. The van der Waals surface area contributed by atoms with Gasteiger partial charge in [-0.05, 0) is 6.42 Å². The van der Waals surface area contributed by atoms with Gasteiger partial charge in [0.25, 0.3) is 0 Å². The van der Waals surface area contributed by atoms with Crippen LogP contribution in [0.4, 0.5) is 0 Å². The van der Waals surface area contributed by atoms with Gasteiger partial charge in [0, 0.05) is 5.88 Å². The number of hydrogen-bond acceptors (Lipinski definition) is 0. The van der Waals surface area contributed by atoms with Crippen molar-refractivity contribution in [3.05, 3.63) is 0 Å². The van der Waals surface area contributed by atoms with Crippen LogP contribution in [0.15, 0.2) is 0 Å². The van der Waals surface area contributed by atoms with Crippen LogP contribution in [0.25, 0.3) is 0 Å². The Morgan fingerprint density at radius 2 is 0.700 bits per heavy atom. The predicted octanol–water partition coefficient (Wildman–Crippen LogP) is 8.12. The highest BCUT2D eigenvalue weighted by atomic mass is 35.5. The Balaban J connectivity index is 0. The van der Waals surface area contributed by atoms with Crippen LogP contribution in [-0.2, 0) is 0 Å². The molecule has 0 bridgehead atoms. The van der Waals surface area contributed by atoms with Crippen molar-refractivity contribution in [3.63, 3.8) is 0 Å². The van der Waals surface area contributed by atoms with E-state index >= 15 is 0 Å². The molecule has 0 unspecified atom stereocenters. The summed E-state index contributed by atoms with van der Waals surface area (Å²) in [6.45, 7) is 2.29. The van der Waals surface area contributed by atoms with Crippen LogP contribution in [0, 0.1) is 0 Å². The lowest BCUT2D eigenvalue weighted by Gasteiger charge is -2.03. The van der Waals surface area contributed by atoms with Crippen LogP contribution in [-0.4, -0.2) is 5.88 Å². The molecule has 0 N–H and O–H groups in total. The average molecular weight is 305 g/mol. The van der Waals surface area contributed by atoms with Gasteiger partial charge < -0.3 is 0 Å². The zero-order chi connectivity index (χ0) is 14.0. The Morgan fingerprint density at radius 3 is 0.950 bits per heavy atom. The van der Waals surface area contributed by atoms with Crippen molar-refractivity contribution in [1.82, 2.24) is 0 Å². The Morgan fingerprint density at radius 1 is 0.450 bits per heavy atom. The predicted molar refractivity (Wildman–Crippen MR) is 97.0 cm³/mol. The highest BCUT2D eigenvalue weighted by molar-refractivity contribution is 6.17. The van der Waals surface area contributed by atoms with Gasteiger partial charge in [0.1, 0.15) is 0 Å². The highest BCUT2D eigenvalue weighted by Crippen LogP contribution is 2.13. The van der Waals surface area contributed by atoms with Gasteiger partial charge in [0.05, 0.1) is 0 Å². The molecule has 124 valence electrons. The first kappa shape index (κ1) is 22.6. The summed E-state index contributed by atoms with van der Waals surface area (Å²) >= 11 is 5.66. The molecule has 0 aliphatic heterocycles. The van der Waals surface area contributed by atoms with E-state index < -0.39 is 0 Å². The summed E-state index contributed by atoms with van der Waals surface area (Å²) in [6.07, 6.45) is 22.8. The molecule has 0 fully saturated rings. The van der Waals surface area contributed by atoms with Gasteiger partial charge in [-0.25, -0.2) is 0 Å². The molecule has 0 saturated carbocycles. The first-order valence-corrected chi connectivity index (χ1v) is 9.51. The van der Waals surface area contributed by atoms with E-state index in [-0.39, 0.29) is 7.43 Å². The van der Waals surface area contributed by atoms with Crippen LogP contribution in [0.5, 0.6) is 0 Å². The van der Waals surface area contributed by atoms with E-state index in [1.165, 1.54) is 103 Å². The molecular formula is C19H41Cl. The third-order valence-electron chi connectivity index (χ3n) is 3.99. The second-order valence-electron chi connectivity index (χ2n) is 5.99. The number of rotatable bonds is 16. The summed E-state index contributed by atoms with van der Waals surface area (Å²) in [4.78, 5) is 0. The second kappa shape index (κ2) is 21.6. The molecule has 0 radical (unpaired) electrons. The van der Waals surface area contributed by atoms with Crippen molar-refractivity contribution in [2.24, 2.45) is 0 Å². The summed E-state index contributed by atoms with van der Waals surface area (Å²) in [6, 6.07) is 0. The maximum absolute atomic E-state index is 5.66. The van der Waals surface area contributed by atoms with Crippen LogP contribution < -0.4 is 0 Å². The number of unbranched alkanes of at least 4 members (excludes halogenated alkanes) is 15. The second-order valence-corrected chi connectivity index (χ2v) is 6.37. The Kier molecular flexibility index (Phi) is 24.4. The highest BCUT2D eigenvalue weighted by Gasteiger charge is 1.94. The minimum absolute atomic E-state index is 0. The van der Waals surface area contributed by atoms with Crippen molar-refractivity contribution in [1.29, 1.82) is 0 Å². The molecule has 1 heteroatoms. The van der Waals surface area contributed by atoms with Crippen LogP contribution in [0.3, 0.4) is 0 Å². The molecule has 20 heavy (non-hydrogen) atoms. The van der Waals surface area contributed by atoms with E-state index in [4.69, 9.17) is 11.6 Å². The van der Waals surface area contributed by atoms with Crippen molar-refractivity contribution in [2.45, 2.75) is 117 Å². The molecule has 0 aromatic rings. The largest absolute Gasteiger partial charge is 0.127 e. The number of alkyl halides is 1. The van der Waals surface area contributed by atoms with E-state index in [1.807, 2.05) is 0 Å². The lowest BCUT2D eigenvalue weighted by molar-refractivity contribution is 0.531. The fraction of sp³-hybridized carbons (Fsp3) is 1.00. The fourth-order valence-corrected chi connectivity index (χ4v) is 2.83. The topological polar surface area (TPSA) is 0 Å². The molecule has 0 aromatic carbocycles. The van der Waals surface area contributed by atoms with E-state index in [0.717, 1.165) is 5.88 Å². The maximum atomic E-state index is 5.66. The lowest BCUT2D eigenvalue weighted by atomic mass is 10.0. The smallest absolute Gasteiger partial charge is 0.0223 e. The third-order valence-corrected chi connectivity index (χ3v) is 4.25. The van der Waals surface area contributed by atoms with Gasteiger partial charge in [0.15, 0.2) is 0 Å². The SMILES string of the molecule is C.CCCCCCCCCCCCCCCCCCCl. The van der Waals surface area contributed by atoms with Crippen LogP contribution in [0.2, 0.25) is 0 Å². The molecular weight excluding hydrogens is 264 g/mol. The van der Waals surface area contributed by atoms with Crippen LogP contribution >= 0.6 is 11.6 Å². The molecule has 0 heterocycles. The molecule has 0 amide bonds. The maximum Gasteiger partial charge on any atom is 0.0223 e. The quantitative estimate of drug-likeness (QED) is 0.199. The van der Waals surface area contributed by atoms with E-state index in [1.54, 1.807) is 0 Å². The van der Waals surface area contributed by atoms with Gasteiger partial charge in [-0.3, -0.25) is 0 Å². The summed E-state index contributed by atoms with van der Waals surface area (Å²) in [5, 5.41) is 0. The van der Waals surface area contributed by atoms with E-state index in [9.17, 15) is 0 Å². The Bertz CT molecular complexity index is 129. The van der Waals surface area contributed by atoms with Gasteiger partial charge in [-0.15, -0.1) is 11.6 Å². The Labute approximate surface area is 135 Å². The summed E-state index contributed by atoms with van der Waals surface area (Å²) in [5.41, 5.74) is 0. The summed E-state index contributed by atoms with van der Waals surface area (Å²) in [7, 11) is 0. The van der Waals surface area contributed by atoms with Crippen molar-refractivity contribution < 1.29 is 0 Å². The van der Waals surface area contributed by atoms with E-state index in [2.05, 4.69) is 6.92 Å². The molecule has 0 rings (SSSR count). The standard InChI is InChI=1S/C18H37Cl.CH4/c1-2-3-4-5-6-7-8-9-10-11-12-13-14-15-16-17-18-19;/h2-18H2,1H3;1H4. The average Bonchev–Trinajstić information content (AvgIpc) is 2.43. The van der Waals surface area contributed by atoms with Gasteiger partial charge in [-0.2, -0.15) is 0 Å². The zero-order valence-corrected chi connectivity index (χ0v) is 14.2. The fourth-order valence-electron chi connectivity index (χ4n) is 2.64. The first-order valence-electron chi connectivity index (χ1n) is 8.97. The van der Waals surface area contributed by atoms with Crippen molar-refractivity contribution >= 4 is 11.6 Å². The molecule has 0 aliphatic carbocycles. The summed E-state index contributed by atoms with van der Waals surface area (Å²) in [5.74, 6) is 0.846. The van der Waals surface area contributed by atoms with Crippen molar-refractivity contribution in [2.75, 3.05) is 5.88 Å². The first-order chi connectivity index (χ1) is 9.41. The van der Waals surface area contributed by atoms with Gasteiger partial charge >= 0.3 is 0 Å². The zero-order valence-electron chi connectivity index (χ0n) is 13.4. The minimum atomic E-state index is 0.